The third-order valence-electron chi connectivity index (χ3n) is 5.44. The quantitative estimate of drug-likeness (QED) is 0.661. The number of nitrogens with one attached hydrogen (secondary N) is 1. The van der Waals surface area contributed by atoms with Gasteiger partial charge in [-0.15, -0.1) is 11.8 Å². The summed E-state index contributed by atoms with van der Waals surface area (Å²) in [6, 6.07) is 8.09. The number of benzene rings is 1. The van der Waals surface area contributed by atoms with E-state index in [1.54, 1.807) is 11.8 Å². The zero-order valence-corrected chi connectivity index (χ0v) is 18.6. The molecule has 1 aromatic heterocycles. The van der Waals surface area contributed by atoms with Crippen molar-refractivity contribution >= 4 is 17.7 Å². The van der Waals surface area contributed by atoms with Crippen molar-refractivity contribution in [2.45, 2.75) is 44.4 Å². The molecule has 0 saturated carbocycles. The van der Waals surface area contributed by atoms with Gasteiger partial charge in [0.25, 0.3) is 5.91 Å². The van der Waals surface area contributed by atoms with E-state index in [-0.39, 0.29) is 5.91 Å². The van der Waals surface area contributed by atoms with Gasteiger partial charge in [0, 0.05) is 41.9 Å². The Morgan fingerprint density at radius 3 is 2.62 bits per heavy atom. The van der Waals surface area contributed by atoms with Crippen LogP contribution in [-0.2, 0) is 10.5 Å². The molecule has 1 N–H and O–H groups in total. The molecule has 0 spiro atoms. The molecule has 1 aliphatic heterocycles. The van der Waals surface area contributed by atoms with Crippen molar-refractivity contribution in [2.24, 2.45) is 5.92 Å². The van der Waals surface area contributed by atoms with Crippen molar-refractivity contribution in [3.05, 3.63) is 46.8 Å². The summed E-state index contributed by atoms with van der Waals surface area (Å²) in [6.07, 6.45) is 0. The fraction of sp³-hybridized carbons (Fsp3) is 0.545. The molecule has 0 radical (unpaired) electrons. The van der Waals surface area contributed by atoms with Gasteiger partial charge in [0.05, 0.1) is 24.5 Å². The lowest BCUT2D eigenvalue weighted by atomic mass is 10.0. The molecule has 1 atom stereocenters. The number of aryl methyl sites for hydroxylation is 2. The highest BCUT2D eigenvalue weighted by molar-refractivity contribution is 7.98. The van der Waals surface area contributed by atoms with Crippen LogP contribution in [-0.4, -0.2) is 54.9 Å². The summed E-state index contributed by atoms with van der Waals surface area (Å²) < 4.78 is 10.7. The average molecular weight is 418 g/mol. The van der Waals surface area contributed by atoms with Gasteiger partial charge in [-0.2, -0.15) is 0 Å². The Morgan fingerprint density at radius 1 is 1.24 bits per heavy atom. The van der Waals surface area contributed by atoms with Crippen LogP contribution in [0.5, 0.6) is 0 Å². The van der Waals surface area contributed by atoms with Gasteiger partial charge in [-0.25, -0.2) is 0 Å². The molecule has 1 aliphatic rings. The molecule has 1 amide bonds. The summed E-state index contributed by atoms with van der Waals surface area (Å²) in [4.78, 5) is 16.4. The lowest BCUT2D eigenvalue weighted by Crippen LogP contribution is -2.51. The van der Waals surface area contributed by atoms with Crippen LogP contribution in [0.4, 0.5) is 0 Å². The molecule has 0 bridgehead atoms. The zero-order valence-electron chi connectivity index (χ0n) is 17.7. The second-order valence-corrected chi connectivity index (χ2v) is 8.77. The van der Waals surface area contributed by atoms with E-state index in [4.69, 9.17) is 9.26 Å². The van der Waals surface area contributed by atoms with Crippen LogP contribution >= 0.6 is 11.8 Å². The average Bonchev–Trinajstić information content (AvgIpc) is 3.04. The van der Waals surface area contributed by atoms with Crippen molar-refractivity contribution < 1.29 is 14.1 Å². The standard InChI is InChI=1S/C22H31N3O3S/c1-15(2)20(25-9-11-27-12-10-25)13-23-22(26)18-7-5-6-8-21(18)29-14-19-16(3)24-28-17(19)4/h5-8,15,20H,9-14H2,1-4H3,(H,23,26). The fourth-order valence-corrected chi connectivity index (χ4v) is 4.83. The van der Waals surface area contributed by atoms with Crippen LogP contribution < -0.4 is 5.32 Å². The summed E-state index contributed by atoms with van der Waals surface area (Å²) >= 11 is 1.64. The molecule has 0 aliphatic carbocycles. The number of hydrogen-bond acceptors (Lipinski definition) is 6. The van der Waals surface area contributed by atoms with E-state index in [0.717, 1.165) is 54.0 Å². The molecule has 2 heterocycles. The van der Waals surface area contributed by atoms with Crippen LogP contribution in [0.15, 0.2) is 33.7 Å². The van der Waals surface area contributed by atoms with Crippen LogP contribution in [0, 0.1) is 19.8 Å². The first-order valence-corrected chi connectivity index (χ1v) is 11.2. The number of thioether (sulfide) groups is 1. The molecule has 158 valence electrons. The molecule has 29 heavy (non-hydrogen) atoms. The molecule has 1 unspecified atom stereocenters. The second-order valence-electron chi connectivity index (χ2n) is 7.76. The van der Waals surface area contributed by atoms with E-state index in [1.165, 1.54) is 0 Å². The Labute approximate surface area is 177 Å². The normalized spacial score (nSPS) is 16.2. The predicted molar refractivity (Wildman–Crippen MR) is 115 cm³/mol. The minimum atomic E-state index is -0.0224. The highest BCUT2D eigenvalue weighted by Crippen LogP contribution is 2.28. The molecule has 1 aromatic carbocycles. The number of morpholine rings is 1. The van der Waals surface area contributed by atoms with Crippen molar-refractivity contribution in [1.82, 2.24) is 15.4 Å². The maximum atomic E-state index is 13.0. The molecule has 6 nitrogen and oxygen atoms in total. The van der Waals surface area contributed by atoms with Gasteiger partial charge >= 0.3 is 0 Å². The Balaban J connectivity index is 1.64. The van der Waals surface area contributed by atoms with Crippen molar-refractivity contribution in [2.75, 3.05) is 32.8 Å². The summed E-state index contributed by atoms with van der Waals surface area (Å²) in [7, 11) is 0. The van der Waals surface area contributed by atoms with Crippen LogP contribution in [0.2, 0.25) is 0 Å². The van der Waals surface area contributed by atoms with Crippen LogP contribution in [0.3, 0.4) is 0 Å². The number of ether oxygens (including phenoxy) is 1. The van der Waals surface area contributed by atoms with Crippen LogP contribution in [0.1, 0.15) is 41.2 Å². The Hall–Kier alpha value is -1.83. The maximum Gasteiger partial charge on any atom is 0.252 e. The lowest BCUT2D eigenvalue weighted by Gasteiger charge is -2.37. The molecule has 3 rings (SSSR count). The monoisotopic (exact) mass is 417 g/mol. The largest absolute Gasteiger partial charge is 0.379 e. The first-order chi connectivity index (χ1) is 14.0. The minimum absolute atomic E-state index is 0.0224. The van der Waals surface area contributed by atoms with Crippen molar-refractivity contribution in [3.63, 3.8) is 0 Å². The van der Waals surface area contributed by atoms with Crippen molar-refractivity contribution in [1.29, 1.82) is 0 Å². The van der Waals surface area contributed by atoms with E-state index < -0.39 is 0 Å². The smallest absolute Gasteiger partial charge is 0.252 e. The third-order valence-corrected chi connectivity index (χ3v) is 6.54. The topological polar surface area (TPSA) is 67.6 Å². The highest BCUT2D eigenvalue weighted by atomic mass is 32.2. The maximum absolute atomic E-state index is 13.0. The van der Waals surface area contributed by atoms with Gasteiger partial charge in [-0.05, 0) is 31.9 Å². The number of aromatic nitrogens is 1. The van der Waals surface area contributed by atoms with E-state index in [9.17, 15) is 4.79 Å². The van der Waals surface area contributed by atoms with E-state index in [0.29, 0.717) is 24.1 Å². The van der Waals surface area contributed by atoms with Gasteiger partial charge in [0.15, 0.2) is 0 Å². The Morgan fingerprint density at radius 2 is 1.97 bits per heavy atom. The van der Waals surface area contributed by atoms with Gasteiger partial charge in [-0.3, -0.25) is 9.69 Å². The summed E-state index contributed by atoms with van der Waals surface area (Å²) in [5.41, 5.74) is 2.72. The minimum Gasteiger partial charge on any atom is -0.379 e. The van der Waals surface area contributed by atoms with E-state index in [2.05, 4.69) is 29.2 Å². The summed E-state index contributed by atoms with van der Waals surface area (Å²) in [5, 5.41) is 7.18. The summed E-state index contributed by atoms with van der Waals surface area (Å²) in [5.74, 6) is 2.00. The third kappa shape index (κ3) is 5.62. The zero-order chi connectivity index (χ0) is 20.8. The van der Waals surface area contributed by atoms with Gasteiger partial charge in [0.1, 0.15) is 5.76 Å². The lowest BCUT2D eigenvalue weighted by molar-refractivity contribution is 0.00672. The second kappa shape index (κ2) is 10.3. The number of carbonyl (C=O) groups excluding carboxylic acids is 1. The van der Waals surface area contributed by atoms with E-state index >= 15 is 0 Å². The summed E-state index contributed by atoms with van der Waals surface area (Å²) in [6.45, 7) is 12.3. The first kappa shape index (κ1) is 21.9. The molecular formula is C22H31N3O3S. The van der Waals surface area contributed by atoms with Gasteiger partial charge in [0.2, 0.25) is 0 Å². The number of nitrogens with zero attached hydrogens (tertiary/aromatic N) is 2. The molecule has 1 saturated heterocycles. The number of carbonyl (C=O) groups is 1. The SMILES string of the molecule is Cc1noc(C)c1CSc1ccccc1C(=O)NCC(C(C)C)N1CCOCC1. The number of hydrogen-bond donors (Lipinski definition) is 1. The van der Waals surface area contributed by atoms with Crippen LogP contribution in [0.25, 0.3) is 0 Å². The first-order valence-electron chi connectivity index (χ1n) is 10.2. The van der Waals surface area contributed by atoms with E-state index in [1.807, 2.05) is 38.1 Å². The highest BCUT2D eigenvalue weighted by Gasteiger charge is 2.24. The number of rotatable bonds is 8. The van der Waals surface area contributed by atoms with Gasteiger partial charge in [-0.1, -0.05) is 31.1 Å². The molecule has 1 fully saturated rings. The predicted octanol–water partition coefficient (Wildman–Crippen LogP) is 3.67. The Bertz CT molecular complexity index is 796. The number of amides is 1. The Kier molecular flexibility index (Phi) is 7.75. The fourth-order valence-electron chi connectivity index (χ4n) is 3.63. The van der Waals surface area contributed by atoms with Gasteiger partial charge < -0.3 is 14.6 Å². The van der Waals surface area contributed by atoms with Crippen molar-refractivity contribution in [3.8, 4) is 0 Å². The molecule has 2 aromatic rings. The molecule has 7 heteroatoms. The molecular weight excluding hydrogens is 386 g/mol.